The van der Waals surface area contributed by atoms with Crippen LogP contribution in [-0.2, 0) is 19.1 Å². The minimum atomic E-state index is -0.653. The van der Waals surface area contributed by atoms with Gasteiger partial charge in [-0.15, -0.1) is 0 Å². The van der Waals surface area contributed by atoms with Crippen LogP contribution in [0.25, 0.3) is 0 Å². The van der Waals surface area contributed by atoms with E-state index < -0.39 is 12.2 Å². The highest BCUT2D eigenvalue weighted by Gasteiger charge is 2.59. The van der Waals surface area contributed by atoms with Gasteiger partial charge in [0.1, 0.15) is 6.10 Å². The molecule has 0 aromatic carbocycles. The van der Waals surface area contributed by atoms with E-state index in [0.29, 0.717) is 30.8 Å². The molecule has 0 bridgehead atoms. The summed E-state index contributed by atoms with van der Waals surface area (Å²) in [5.74, 6) is 0.644. The molecule has 1 N–H and O–H groups in total. The molecule has 2 aliphatic rings. The first-order valence-electron chi connectivity index (χ1n) is 11.0. The number of fused-ring (bicyclic) bond motifs is 1. The topological polar surface area (TPSA) is 72.8 Å². The molecule has 0 aromatic heterocycles. The number of aliphatic hydroxyl groups excluding tert-OH is 1. The van der Waals surface area contributed by atoms with Crippen LogP contribution in [0.1, 0.15) is 80.6 Å². The van der Waals surface area contributed by atoms with E-state index in [9.17, 15) is 14.7 Å². The zero-order valence-electron chi connectivity index (χ0n) is 19.3. The second-order valence-corrected chi connectivity index (χ2v) is 10.2. The van der Waals surface area contributed by atoms with E-state index in [2.05, 4.69) is 40.7 Å². The van der Waals surface area contributed by atoms with Crippen molar-refractivity contribution >= 4 is 11.9 Å². The molecular weight excluding hydrogens is 368 g/mol. The Morgan fingerprint density at radius 1 is 1.21 bits per heavy atom. The van der Waals surface area contributed by atoms with Crippen molar-refractivity contribution < 1.29 is 24.2 Å². The molecule has 29 heavy (non-hydrogen) atoms. The Morgan fingerprint density at radius 3 is 2.45 bits per heavy atom. The number of carbonyl (C=O) groups excluding carboxylic acids is 2. The van der Waals surface area contributed by atoms with Gasteiger partial charge in [-0.1, -0.05) is 39.3 Å². The first-order valence-corrected chi connectivity index (χ1v) is 11.0. The van der Waals surface area contributed by atoms with E-state index >= 15 is 0 Å². The number of ether oxygens (including phenoxy) is 2. The molecule has 0 spiro atoms. The van der Waals surface area contributed by atoms with Gasteiger partial charge in [0.25, 0.3) is 0 Å². The molecule has 0 saturated heterocycles. The fraction of sp³-hybridized carbons (Fsp3) is 0.833. The summed E-state index contributed by atoms with van der Waals surface area (Å²) in [5.41, 5.74) is 1.05. The van der Waals surface area contributed by atoms with Crippen LogP contribution in [-0.4, -0.2) is 35.9 Å². The van der Waals surface area contributed by atoms with E-state index in [1.807, 2.05) is 0 Å². The Kier molecular flexibility index (Phi) is 7.58. The summed E-state index contributed by atoms with van der Waals surface area (Å²) in [6, 6.07) is 0. The van der Waals surface area contributed by atoms with Crippen molar-refractivity contribution in [2.24, 2.45) is 28.6 Å². The maximum Gasteiger partial charge on any atom is 0.302 e. The average Bonchev–Trinajstić information content (AvgIpc) is 2.58. The number of esters is 2. The van der Waals surface area contributed by atoms with Crippen molar-refractivity contribution in [1.29, 1.82) is 0 Å². The highest BCUT2D eigenvalue weighted by molar-refractivity contribution is 5.66. The number of carbonyl (C=O) groups is 2. The van der Waals surface area contributed by atoms with Gasteiger partial charge in [-0.25, -0.2) is 0 Å². The molecule has 2 rings (SSSR count). The van der Waals surface area contributed by atoms with Crippen molar-refractivity contribution in [2.75, 3.05) is 6.61 Å². The molecule has 5 heteroatoms. The molecule has 6 unspecified atom stereocenters. The third-order valence-electron chi connectivity index (χ3n) is 7.65. The predicted octanol–water partition coefficient (Wildman–Crippen LogP) is 4.67. The van der Waals surface area contributed by atoms with E-state index in [1.54, 1.807) is 0 Å². The summed E-state index contributed by atoms with van der Waals surface area (Å²) in [6.07, 6.45) is 5.86. The highest BCUT2D eigenvalue weighted by Crippen LogP contribution is 2.61. The lowest BCUT2D eigenvalue weighted by Crippen LogP contribution is -2.60. The van der Waals surface area contributed by atoms with Crippen LogP contribution in [0.4, 0.5) is 0 Å². The number of rotatable bonds is 7. The fourth-order valence-corrected chi connectivity index (χ4v) is 6.02. The smallest absolute Gasteiger partial charge is 0.302 e. The molecule has 6 atom stereocenters. The minimum absolute atomic E-state index is 0.0305. The molecule has 0 aliphatic heterocycles. The molecule has 5 nitrogen and oxygen atoms in total. The number of aliphatic hydroxyl groups is 1. The van der Waals surface area contributed by atoms with Crippen molar-refractivity contribution in [1.82, 2.24) is 0 Å². The quantitative estimate of drug-likeness (QED) is 0.490. The molecule has 1 saturated carbocycles. The van der Waals surface area contributed by atoms with Gasteiger partial charge in [-0.3, -0.25) is 9.59 Å². The van der Waals surface area contributed by atoms with Crippen molar-refractivity contribution in [3.63, 3.8) is 0 Å². The van der Waals surface area contributed by atoms with Crippen LogP contribution in [0.2, 0.25) is 0 Å². The summed E-state index contributed by atoms with van der Waals surface area (Å²) in [4.78, 5) is 22.6. The third-order valence-corrected chi connectivity index (χ3v) is 7.65. The van der Waals surface area contributed by atoms with Gasteiger partial charge in [-0.05, 0) is 67.6 Å². The van der Waals surface area contributed by atoms with Gasteiger partial charge in [-0.2, -0.15) is 0 Å². The Hall–Kier alpha value is -1.36. The van der Waals surface area contributed by atoms with E-state index in [0.717, 1.165) is 25.7 Å². The Balaban J connectivity index is 2.17. The second-order valence-electron chi connectivity index (χ2n) is 10.2. The van der Waals surface area contributed by atoms with E-state index in [-0.39, 0.29) is 22.8 Å². The molecule has 0 heterocycles. The lowest BCUT2D eigenvalue weighted by molar-refractivity contribution is -0.196. The van der Waals surface area contributed by atoms with Crippen LogP contribution in [0.5, 0.6) is 0 Å². The second kappa shape index (κ2) is 9.20. The molecule has 0 radical (unpaired) electrons. The normalized spacial score (nSPS) is 34.6. The SMILES string of the molecule is CC(=O)OCCC(C)CCC1C(C)=CCC2C(C)(C)C(O)C(OC(C)=O)CC12C. The monoisotopic (exact) mass is 408 g/mol. The van der Waals surface area contributed by atoms with Crippen LogP contribution < -0.4 is 0 Å². The lowest BCUT2D eigenvalue weighted by atomic mass is 9.46. The van der Waals surface area contributed by atoms with Crippen molar-refractivity contribution in [3.8, 4) is 0 Å². The lowest BCUT2D eigenvalue weighted by Gasteiger charge is -2.60. The molecule has 166 valence electrons. The van der Waals surface area contributed by atoms with Gasteiger partial charge >= 0.3 is 11.9 Å². The van der Waals surface area contributed by atoms with E-state index in [1.165, 1.54) is 19.4 Å². The predicted molar refractivity (Wildman–Crippen MR) is 113 cm³/mol. The van der Waals surface area contributed by atoms with Crippen LogP contribution in [0, 0.1) is 28.6 Å². The standard InChI is InChI=1S/C24H40O5/c1-15(12-13-28-17(3)25)8-10-19-16(2)9-11-21-23(5,6)22(27)20(29-18(4)26)14-24(19,21)7/h9,15,19-22,27H,8,10-14H2,1-7H3. The maximum absolute atomic E-state index is 11.7. The summed E-state index contributed by atoms with van der Waals surface area (Å²) < 4.78 is 10.7. The minimum Gasteiger partial charge on any atom is -0.466 e. The molecular formula is C24H40O5. The molecule has 0 amide bonds. The van der Waals surface area contributed by atoms with Gasteiger partial charge in [0.15, 0.2) is 0 Å². The number of hydrogen-bond donors (Lipinski definition) is 1. The molecule has 0 aromatic rings. The summed E-state index contributed by atoms with van der Waals surface area (Å²) in [5, 5.41) is 11.0. The van der Waals surface area contributed by atoms with Crippen LogP contribution >= 0.6 is 0 Å². The Morgan fingerprint density at radius 2 is 1.86 bits per heavy atom. The zero-order chi connectivity index (χ0) is 22.0. The average molecular weight is 409 g/mol. The number of allylic oxidation sites excluding steroid dienone is 2. The van der Waals surface area contributed by atoms with Gasteiger partial charge in [0.05, 0.1) is 12.7 Å². The molecule has 2 aliphatic carbocycles. The molecule has 1 fully saturated rings. The largest absolute Gasteiger partial charge is 0.466 e. The summed E-state index contributed by atoms with van der Waals surface area (Å²) in [6.45, 7) is 14.3. The van der Waals surface area contributed by atoms with Gasteiger partial charge < -0.3 is 14.6 Å². The first-order chi connectivity index (χ1) is 13.4. The van der Waals surface area contributed by atoms with Crippen LogP contribution in [0.15, 0.2) is 11.6 Å². The van der Waals surface area contributed by atoms with Gasteiger partial charge in [0, 0.05) is 13.8 Å². The van der Waals surface area contributed by atoms with Crippen LogP contribution in [0.3, 0.4) is 0 Å². The summed E-state index contributed by atoms with van der Waals surface area (Å²) in [7, 11) is 0. The fourth-order valence-electron chi connectivity index (χ4n) is 6.02. The number of hydrogen-bond acceptors (Lipinski definition) is 5. The van der Waals surface area contributed by atoms with Gasteiger partial charge in [0.2, 0.25) is 0 Å². The Bertz CT molecular complexity index is 637. The van der Waals surface area contributed by atoms with E-state index in [4.69, 9.17) is 9.47 Å². The zero-order valence-corrected chi connectivity index (χ0v) is 19.3. The van der Waals surface area contributed by atoms with Crippen molar-refractivity contribution in [2.45, 2.75) is 92.8 Å². The van der Waals surface area contributed by atoms with Crippen molar-refractivity contribution in [3.05, 3.63) is 11.6 Å². The first kappa shape index (κ1) is 23.9. The maximum atomic E-state index is 11.7. The Labute approximate surface area is 176 Å². The third kappa shape index (κ3) is 5.22. The summed E-state index contributed by atoms with van der Waals surface area (Å²) >= 11 is 0. The highest BCUT2D eigenvalue weighted by atomic mass is 16.6.